The quantitative estimate of drug-likeness (QED) is 0.737. The lowest BCUT2D eigenvalue weighted by atomic mass is 10.3. The first kappa shape index (κ1) is 9.23. The second kappa shape index (κ2) is 4.26. The van der Waals surface area contributed by atoms with Gasteiger partial charge in [-0.3, -0.25) is 0 Å². The van der Waals surface area contributed by atoms with Crippen molar-refractivity contribution in [1.29, 1.82) is 0 Å². The molecule has 1 fully saturated rings. The van der Waals surface area contributed by atoms with Crippen LogP contribution in [-0.2, 0) is 0 Å². The molecule has 72 valence electrons. The Hall–Kier alpha value is -0.330. The molecule has 0 spiro atoms. The van der Waals surface area contributed by atoms with Crippen molar-refractivity contribution >= 4 is 28.2 Å². The second-order valence-corrected chi connectivity index (χ2v) is 5.29. The van der Waals surface area contributed by atoms with E-state index in [0.29, 0.717) is 11.2 Å². The molecule has 4 nitrogen and oxygen atoms in total. The zero-order valence-corrected chi connectivity index (χ0v) is 8.83. The molecule has 1 saturated heterocycles. The van der Waals surface area contributed by atoms with E-state index in [1.807, 2.05) is 0 Å². The Balaban J connectivity index is 1.78. The first-order chi connectivity index (χ1) is 6.34. The fourth-order valence-electron chi connectivity index (χ4n) is 1.35. The number of anilines is 1. The summed E-state index contributed by atoms with van der Waals surface area (Å²) < 4.78 is 0.978. The van der Waals surface area contributed by atoms with E-state index in [4.69, 9.17) is 5.73 Å². The van der Waals surface area contributed by atoms with Crippen LogP contribution in [0.1, 0.15) is 12.8 Å². The van der Waals surface area contributed by atoms with Crippen molar-refractivity contribution in [3.05, 3.63) is 0 Å². The molecule has 2 heterocycles. The van der Waals surface area contributed by atoms with Crippen LogP contribution in [0.15, 0.2) is 4.34 Å². The second-order valence-electron chi connectivity index (χ2n) is 3.01. The van der Waals surface area contributed by atoms with E-state index in [1.165, 1.54) is 24.2 Å². The lowest BCUT2D eigenvalue weighted by Crippen LogP contribution is -2.23. The maximum atomic E-state index is 5.48. The fraction of sp³-hybridized carbons (Fsp3) is 0.714. The summed E-state index contributed by atoms with van der Waals surface area (Å²) in [6.07, 6.45) is 2.57. The van der Waals surface area contributed by atoms with Crippen molar-refractivity contribution in [2.24, 2.45) is 0 Å². The number of rotatable bonds is 3. The number of nitrogens with two attached hydrogens (primary N) is 1. The molecule has 0 radical (unpaired) electrons. The molecule has 13 heavy (non-hydrogen) atoms. The van der Waals surface area contributed by atoms with E-state index in [0.717, 1.165) is 16.6 Å². The van der Waals surface area contributed by atoms with Crippen molar-refractivity contribution in [2.75, 3.05) is 18.0 Å². The van der Waals surface area contributed by atoms with Crippen LogP contribution in [0.2, 0.25) is 0 Å². The average Bonchev–Trinajstić information content (AvgIpc) is 2.71. The summed E-state index contributed by atoms with van der Waals surface area (Å²) in [7, 11) is 0. The third-order valence-electron chi connectivity index (χ3n) is 1.99. The highest BCUT2D eigenvalue weighted by Gasteiger charge is 2.14. The van der Waals surface area contributed by atoms with Crippen LogP contribution in [-0.4, -0.2) is 28.5 Å². The van der Waals surface area contributed by atoms with Gasteiger partial charge in [-0.2, -0.15) is 0 Å². The van der Waals surface area contributed by atoms with Gasteiger partial charge in [-0.05, 0) is 19.4 Å². The summed E-state index contributed by atoms with van der Waals surface area (Å²) in [6, 6.07) is 0.648. The lowest BCUT2D eigenvalue weighted by Gasteiger charge is -2.06. The Morgan fingerprint density at radius 1 is 1.62 bits per heavy atom. The highest BCUT2D eigenvalue weighted by atomic mass is 32.2. The summed E-state index contributed by atoms with van der Waals surface area (Å²) in [4.78, 5) is 0. The van der Waals surface area contributed by atoms with Crippen molar-refractivity contribution in [3.8, 4) is 0 Å². The van der Waals surface area contributed by atoms with E-state index in [9.17, 15) is 0 Å². The van der Waals surface area contributed by atoms with Gasteiger partial charge in [0.2, 0.25) is 5.13 Å². The molecular weight excluding hydrogens is 204 g/mol. The molecule has 0 aromatic carbocycles. The van der Waals surface area contributed by atoms with Gasteiger partial charge in [-0.15, -0.1) is 10.2 Å². The van der Waals surface area contributed by atoms with Gasteiger partial charge >= 0.3 is 0 Å². The summed E-state index contributed by atoms with van der Waals surface area (Å²) >= 11 is 3.20. The average molecular weight is 216 g/mol. The Morgan fingerprint density at radius 3 is 3.15 bits per heavy atom. The minimum Gasteiger partial charge on any atom is -0.374 e. The van der Waals surface area contributed by atoms with Crippen LogP contribution < -0.4 is 11.1 Å². The molecule has 0 aliphatic carbocycles. The molecule has 1 aliphatic rings. The maximum absolute atomic E-state index is 5.48. The molecule has 1 aromatic heterocycles. The standard InChI is InChI=1S/C7H12N4S2/c8-6-10-11-7(13-6)12-4-5-2-1-3-9-5/h5,9H,1-4H2,(H2,8,10). The number of thioether (sulfide) groups is 1. The smallest absolute Gasteiger partial charge is 0.203 e. The first-order valence-electron chi connectivity index (χ1n) is 4.30. The third-order valence-corrected chi connectivity index (χ3v) is 4.04. The Labute approximate surface area is 85.3 Å². The first-order valence-corrected chi connectivity index (χ1v) is 6.10. The zero-order valence-electron chi connectivity index (χ0n) is 7.19. The zero-order chi connectivity index (χ0) is 9.10. The minimum absolute atomic E-state index is 0.557. The molecule has 2 rings (SSSR count). The molecule has 1 atom stereocenters. The molecule has 6 heteroatoms. The summed E-state index contributed by atoms with van der Waals surface area (Å²) in [5.41, 5.74) is 5.48. The Morgan fingerprint density at radius 2 is 2.54 bits per heavy atom. The molecular formula is C7H12N4S2. The number of hydrogen-bond donors (Lipinski definition) is 2. The van der Waals surface area contributed by atoms with Crippen LogP contribution in [0.5, 0.6) is 0 Å². The van der Waals surface area contributed by atoms with Crippen LogP contribution >= 0.6 is 23.1 Å². The Bertz CT molecular complexity index is 269. The van der Waals surface area contributed by atoms with E-state index in [-0.39, 0.29) is 0 Å². The predicted molar refractivity (Wildman–Crippen MR) is 56.1 cm³/mol. The van der Waals surface area contributed by atoms with E-state index >= 15 is 0 Å². The van der Waals surface area contributed by atoms with Gasteiger partial charge in [0.05, 0.1) is 0 Å². The van der Waals surface area contributed by atoms with Gasteiger partial charge in [-0.1, -0.05) is 23.1 Å². The number of nitrogen functional groups attached to an aromatic ring is 1. The van der Waals surface area contributed by atoms with Gasteiger partial charge in [0.15, 0.2) is 4.34 Å². The van der Waals surface area contributed by atoms with Crippen molar-refractivity contribution < 1.29 is 0 Å². The number of nitrogens with one attached hydrogen (secondary N) is 1. The van der Waals surface area contributed by atoms with Crippen molar-refractivity contribution in [1.82, 2.24) is 15.5 Å². The highest BCUT2D eigenvalue weighted by Crippen LogP contribution is 2.25. The summed E-state index contributed by atoms with van der Waals surface area (Å²) in [6.45, 7) is 1.16. The number of hydrogen-bond acceptors (Lipinski definition) is 6. The van der Waals surface area contributed by atoms with Gasteiger partial charge in [-0.25, -0.2) is 0 Å². The molecule has 0 bridgehead atoms. The molecule has 0 saturated carbocycles. The van der Waals surface area contributed by atoms with Crippen LogP contribution in [0.25, 0.3) is 0 Å². The SMILES string of the molecule is Nc1nnc(SCC2CCCN2)s1. The maximum Gasteiger partial charge on any atom is 0.203 e. The van der Waals surface area contributed by atoms with Crippen molar-refractivity contribution in [2.45, 2.75) is 23.2 Å². The molecule has 1 unspecified atom stereocenters. The molecule has 0 amide bonds. The molecule has 3 N–H and O–H groups in total. The van der Waals surface area contributed by atoms with Gasteiger partial charge in [0, 0.05) is 11.8 Å². The Kier molecular flexibility index (Phi) is 3.02. The van der Waals surface area contributed by atoms with Crippen molar-refractivity contribution in [3.63, 3.8) is 0 Å². The van der Waals surface area contributed by atoms with Gasteiger partial charge in [0.25, 0.3) is 0 Å². The number of aromatic nitrogens is 2. The highest BCUT2D eigenvalue weighted by molar-refractivity contribution is 8.01. The third kappa shape index (κ3) is 2.55. The fourth-order valence-corrected chi connectivity index (χ4v) is 3.11. The normalized spacial score (nSPS) is 22.3. The van der Waals surface area contributed by atoms with Gasteiger partial charge < -0.3 is 11.1 Å². The summed E-state index contributed by atoms with van der Waals surface area (Å²) in [5, 5.41) is 11.7. The predicted octanol–water partition coefficient (Wildman–Crippen LogP) is 0.964. The number of nitrogens with zero attached hydrogens (tertiary/aromatic N) is 2. The molecule has 1 aromatic rings. The minimum atomic E-state index is 0.557. The lowest BCUT2D eigenvalue weighted by molar-refractivity contribution is 0.674. The summed E-state index contributed by atoms with van der Waals surface area (Å²) in [5.74, 6) is 1.08. The van der Waals surface area contributed by atoms with E-state index < -0.39 is 0 Å². The topological polar surface area (TPSA) is 63.8 Å². The molecule has 1 aliphatic heterocycles. The largest absolute Gasteiger partial charge is 0.374 e. The van der Waals surface area contributed by atoms with Crippen LogP contribution in [0.3, 0.4) is 0 Å². The van der Waals surface area contributed by atoms with Crippen LogP contribution in [0, 0.1) is 0 Å². The van der Waals surface area contributed by atoms with Gasteiger partial charge in [0.1, 0.15) is 0 Å². The van der Waals surface area contributed by atoms with E-state index in [2.05, 4.69) is 15.5 Å². The van der Waals surface area contributed by atoms with E-state index in [1.54, 1.807) is 11.8 Å². The monoisotopic (exact) mass is 216 g/mol. The van der Waals surface area contributed by atoms with Crippen LogP contribution in [0.4, 0.5) is 5.13 Å².